The molecule has 0 atom stereocenters. The second-order valence-electron chi connectivity index (χ2n) is 6.63. The number of aromatic nitrogens is 3. The number of nitrogens with zero attached hydrogens (tertiary/aromatic N) is 4. The van der Waals surface area contributed by atoms with Gasteiger partial charge in [-0.1, -0.05) is 35.9 Å². The number of aryl methyl sites for hydroxylation is 2. The summed E-state index contributed by atoms with van der Waals surface area (Å²) in [7, 11) is 0. The lowest BCUT2D eigenvalue weighted by molar-refractivity contribution is 0.749. The minimum atomic E-state index is -0.243. The van der Waals surface area contributed by atoms with E-state index in [-0.39, 0.29) is 16.6 Å². The Morgan fingerprint density at radius 1 is 1.15 bits per heavy atom. The molecule has 0 saturated carbocycles. The third kappa shape index (κ3) is 2.70. The van der Waals surface area contributed by atoms with Gasteiger partial charge in [0.15, 0.2) is 0 Å². The van der Waals surface area contributed by atoms with E-state index in [0.717, 1.165) is 16.7 Å². The first-order valence-electron chi connectivity index (χ1n) is 8.55. The van der Waals surface area contributed by atoms with Crippen molar-refractivity contribution in [3.05, 3.63) is 86.8 Å². The first-order valence-corrected chi connectivity index (χ1v) is 8.55. The van der Waals surface area contributed by atoms with Gasteiger partial charge in [-0.2, -0.15) is 5.26 Å². The van der Waals surface area contributed by atoms with Gasteiger partial charge in [0, 0.05) is 6.20 Å². The lowest BCUT2D eigenvalue weighted by Crippen LogP contribution is -2.28. The smallest absolute Gasteiger partial charge is 0.267 e. The Morgan fingerprint density at radius 3 is 2.59 bits per heavy atom. The number of pyridine rings is 2. The summed E-state index contributed by atoms with van der Waals surface area (Å²) in [5.41, 5.74) is 3.92. The highest BCUT2D eigenvalue weighted by atomic mass is 16.1. The second-order valence-corrected chi connectivity index (χ2v) is 6.63. The van der Waals surface area contributed by atoms with Crippen molar-refractivity contribution in [2.24, 2.45) is 0 Å². The van der Waals surface area contributed by atoms with Crippen LogP contribution in [0.15, 0.2) is 53.5 Å². The van der Waals surface area contributed by atoms with Crippen LogP contribution in [0, 0.1) is 30.6 Å². The number of hydrogen-bond donors (Lipinski definition) is 1. The summed E-state index contributed by atoms with van der Waals surface area (Å²) >= 11 is 0. The van der Waals surface area contributed by atoms with Gasteiger partial charge < -0.3 is 4.57 Å². The van der Waals surface area contributed by atoms with Crippen molar-refractivity contribution in [3.8, 4) is 6.07 Å². The summed E-state index contributed by atoms with van der Waals surface area (Å²) in [4.78, 5) is 17.7. The van der Waals surface area contributed by atoms with E-state index < -0.39 is 0 Å². The number of benzene rings is 1. The molecule has 0 saturated heterocycles. The van der Waals surface area contributed by atoms with Crippen LogP contribution in [-0.4, -0.2) is 14.0 Å². The molecule has 0 radical (unpaired) electrons. The van der Waals surface area contributed by atoms with E-state index in [1.807, 2.05) is 50.2 Å². The highest BCUT2D eigenvalue weighted by molar-refractivity contribution is 5.78. The van der Waals surface area contributed by atoms with Crippen LogP contribution in [0.25, 0.3) is 16.7 Å². The van der Waals surface area contributed by atoms with Crippen molar-refractivity contribution in [1.29, 1.82) is 10.7 Å². The maximum absolute atomic E-state index is 13.0. The third-order valence-corrected chi connectivity index (χ3v) is 4.72. The van der Waals surface area contributed by atoms with Crippen LogP contribution in [-0.2, 0) is 6.54 Å². The molecule has 4 rings (SSSR count). The molecule has 0 bridgehead atoms. The molecule has 3 aromatic heterocycles. The van der Waals surface area contributed by atoms with E-state index in [2.05, 4.69) is 4.98 Å². The Balaban J connectivity index is 2.11. The summed E-state index contributed by atoms with van der Waals surface area (Å²) in [5, 5.41) is 18.2. The molecule has 0 aliphatic carbocycles. The average Bonchev–Trinajstić information content (AvgIpc) is 2.67. The summed E-state index contributed by atoms with van der Waals surface area (Å²) in [6.07, 6.45) is 1.67. The maximum Gasteiger partial charge on any atom is 0.267 e. The summed E-state index contributed by atoms with van der Waals surface area (Å²) in [6.45, 7) is 4.26. The SMILES string of the molecule is Cc1ccc(Cn2c(=N)c(C#N)cc3c(=O)n4cccc(C)c4nc32)cc1. The molecule has 0 spiro atoms. The summed E-state index contributed by atoms with van der Waals surface area (Å²) in [5.74, 6) is 0. The van der Waals surface area contributed by atoms with Crippen LogP contribution in [0.5, 0.6) is 0 Å². The molecule has 0 amide bonds. The van der Waals surface area contributed by atoms with E-state index in [9.17, 15) is 10.1 Å². The molecule has 4 aromatic rings. The Bertz CT molecular complexity index is 1350. The van der Waals surface area contributed by atoms with Crippen LogP contribution >= 0.6 is 0 Å². The zero-order valence-corrected chi connectivity index (χ0v) is 15.0. The molecular formula is C21H17N5O. The van der Waals surface area contributed by atoms with Gasteiger partial charge >= 0.3 is 0 Å². The lowest BCUT2D eigenvalue weighted by atomic mass is 10.1. The van der Waals surface area contributed by atoms with Crippen LogP contribution in [0.2, 0.25) is 0 Å². The van der Waals surface area contributed by atoms with E-state index in [1.165, 1.54) is 10.5 Å². The average molecular weight is 355 g/mol. The van der Waals surface area contributed by atoms with Gasteiger partial charge in [0.25, 0.3) is 5.56 Å². The van der Waals surface area contributed by atoms with Gasteiger partial charge in [-0.25, -0.2) is 4.98 Å². The fraction of sp³-hybridized carbons (Fsp3) is 0.143. The minimum Gasteiger partial charge on any atom is -0.305 e. The van der Waals surface area contributed by atoms with Gasteiger partial charge in [0.05, 0.1) is 17.5 Å². The molecule has 0 unspecified atom stereocenters. The van der Waals surface area contributed by atoms with Crippen LogP contribution in [0.3, 0.4) is 0 Å². The Labute approximate surface area is 155 Å². The minimum absolute atomic E-state index is 0.0513. The fourth-order valence-corrected chi connectivity index (χ4v) is 3.21. The number of nitriles is 1. The zero-order chi connectivity index (χ0) is 19.1. The Morgan fingerprint density at radius 2 is 1.89 bits per heavy atom. The largest absolute Gasteiger partial charge is 0.305 e. The van der Waals surface area contributed by atoms with Crippen LogP contribution in [0.1, 0.15) is 22.3 Å². The molecule has 6 heteroatoms. The van der Waals surface area contributed by atoms with Crippen molar-refractivity contribution in [1.82, 2.24) is 14.0 Å². The molecule has 1 N–H and O–H groups in total. The molecule has 3 heterocycles. The topological polar surface area (TPSA) is 86.9 Å². The molecule has 1 aromatic carbocycles. The van der Waals surface area contributed by atoms with Crippen LogP contribution < -0.4 is 11.0 Å². The summed E-state index contributed by atoms with van der Waals surface area (Å²) < 4.78 is 3.12. The number of hydrogen-bond acceptors (Lipinski definition) is 4. The molecule has 0 aliphatic rings. The molecule has 0 aliphatic heterocycles. The van der Waals surface area contributed by atoms with E-state index in [0.29, 0.717) is 23.2 Å². The molecular weight excluding hydrogens is 338 g/mol. The molecule has 132 valence electrons. The molecule has 6 nitrogen and oxygen atoms in total. The van der Waals surface area contributed by atoms with Gasteiger partial charge in [-0.3, -0.25) is 14.6 Å². The Hall–Kier alpha value is -3.72. The van der Waals surface area contributed by atoms with Crippen molar-refractivity contribution in [2.45, 2.75) is 20.4 Å². The van der Waals surface area contributed by atoms with Crippen molar-refractivity contribution in [2.75, 3.05) is 0 Å². The fourth-order valence-electron chi connectivity index (χ4n) is 3.21. The number of nitrogens with one attached hydrogen (secondary N) is 1. The third-order valence-electron chi connectivity index (χ3n) is 4.72. The van der Waals surface area contributed by atoms with E-state index in [4.69, 9.17) is 5.41 Å². The van der Waals surface area contributed by atoms with Crippen LogP contribution in [0.4, 0.5) is 0 Å². The van der Waals surface area contributed by atoms with Gasteiger partial charge in [-0.05, 0) is 37.1 Å². The number of rotatable bonds is 2. The van der Waals surface area contributed by atoms with Gasteiger partial charge in [-0.15, -0.1) is 0 Å². The molecule has 0 fully saturated rings. The first-order chi connectivity index (χ1) is 13.0. The number of fused-ring (bicyclic) bond motifs is 2. The van der Waals surface area contributed by atoms with E-state index >= 15 is 0 Å². The normalized spacial score (nSPS) is 11.0. The lowest BCUT2D eigenvalue weighted by Gasteiger charge is -2.13. The van der Waals surface area contributed by atoms with Crippen molar-refractivity contribution in [3.63, 3.8) is 0 Å². The van der Waals surface area contributed by atoms with E-state index in [1.54, 1.807) is 16.8 Å². The maximum atomic E-state index is 13.0. The summed E-state index contributed by atoms with van der Waals surface area (Å²) in [6, 6.07) is 15.1. The predicted octanol–water partition coefficient (Wildman–Crippen LogP) is 2.67. The molecule has 27 heavy (non-hydrogen) atoms. The Kier molecular flexibility index (Phi) is 3.85. The quantitative estimate of drug-likeness (QED) is 0.561. The second kappa shape index (κ2) is 6.22. The predicted molar refractivity (Wildman–Crippen MR) is 103 cm³/mol. The highest BCUT2D eigenvalue weighted by Crippen LogP contribution is 2.14. The standard InChI is InChI=1S/C21H17N5O/c1-13-5-7-15(8-6-13)12-26-18(23)16(11-22)10-17-20(26)24-19-14(2)4-3-9-25(19)21(17)27/h3-10,23H,12H2,1-2H3. The van der Waals surface area contributed by atoms with Crippen molar-refractivity contribution < 1.29 is 0 Å². The zero-order valence-electron chi connectivity index (χ0n) is 15.0. The van der Waals surface area contributed by atoms with Crippen molar-refractivity contribution >= 4 is 16.7 Å². The van der Waals surface area contributed by atoms with Gasteiger partial charge in [0.1, 0.15) is 22.9 Å². The highest BCUT2D eigenvalue weighted by Gasteiger charge is 2.14. The first kappa shape index (κ1) is 16.7. The monoisotopic (exact) mass is 355 g/mol. The van der Waals surface area contributed by atoms with Gasteiger partial charge in [0.2, 0.25) is 0 Å².